The van der Waals surface area contributed by atoms with E-state index in [1.807, 2.05) is 18.2 Å². The van der Waals surface area contributed by atoms with Crippen molar-refractivity contribution in [2.45, 2.75) is 11.3 Å². The van der Waals surface area contributed by atoms with Crippen molar-refractivity contribution in [1.29, 1.82) is 0 Å². The van der Waals surface area contributed by atoms with Gasteiger partial charge in [0.1, 0.15) is 0 Å². The highest BCUT2D eigenvalue weighted by atomic mass is 32.2. The zero-order valence-corrected chi connectivity index (χ0v) is 15.9. The Morgan fingerprint density at radius 3 is 2.56 bits per heavy atom. The Morgan fingerprint density at radius 1 is 1.04 bits per heavy atom. The minimum atomic E-state index is -3.75. The number of fused-ring (bicyclic) bond motifs is 1. The minimum absolute atomic E-state index is 0.118. The maximum Gasteiger partial charge on any atom is 0.261 e. The lowest BCUT2D eigenvalue weighted by Crippen LogP contribution is -2.44. The summed E-state index contributed by atoms with van der Waals surface area (Å²) < 4.78 is 28.6. The Labute approximate surface area is 159 Å². The van der Waals surface area contributed by atoms with E-state index in [4.69, 9.17) is 0 Å². The number of likely N-dealkylation sites (N-methyl/N-ethyl adjacent to an activating group) is 1. The molecule has 27 heavy (non-hydrogen) atoms. The monoisotopic (exact) mass is 386 g/mol. The summed E-state index contributed by atoms with van der Waals surface area (Å²) in [6.07, 6.45) is 0.205. The van der Waals surface area contributed by atoms with Gasteiger partial charge in [0.25, 0.3) is 10.0 Å². The van der Waals surface area contributed by atoms with Crippen molar-refractivity contribution in [2.24, 2.45) is 0 Å². The molecule has 2 aromatic rings. The molecular formula is C19H22N4O3S. The molecule has 7 nitrogen and oxygen atoms in total. The molecule has 2 aliphatic rings. The molecular weight excluding hydrogens is 364 g/mol. The van der Waals surface area contributed by atoms with Gasteiger partial charge < -0.3 is 15.1 Å². The number of amides is 1. The number of carbonyl (C=O) groups is 1. The van der Waals surface area contributed by atoms with Gasteiger partial charge >= 0.3 is 0 Å². The minimum Gasteiger partial charge on any atom is -0.367 e. The normalized spacial score (nSPS) is 17.5. The first-order valence-corrected chi connectivity index (χ1v) is 10.4. The first kappa shape index (κ1) is 17.8. The highest BCUT2D eigenvalue weighted by Crippen LogP contribution is 2.30. The number of anilines is 3. The van der Waals surface area contributed by atoms with Gasteiger partial charge in [-0.2, -0.15) is 0 Å². The quantitative estimate of drug-likeness (QED) is 0.836. The van der Waals surface area contributed by atoms with E-state index in [0.29, 0.717) is 16.9 Å². The second-order valence-electron chi connectivity index (χ2n) is 6.96. The largest absolute Gasteiger partial charge is 0.367 e. The van der Waals surface area contributed by atoms with Crippen LogP contribution in [-0.2, 0) is 21.2 Å². The molecule has 0 aromatic heterocycles. The molecule has 0 bridgehead atoms. The smallest absolute Gasteiger partial charge is 0.261 e. The average Bonchev–Trinajstić information content (AvgIpc) is 3.02. The number of nitrogens with zero attached hydrogens (tertiary/aromatic N) is 2. The van der Waals surface area contributed by atoms with Crippen LogP contribution in [0.2, 0.25) is 0 Å². The van der Waals surface area contributed by atoms with Crippen LogP contribution in [0.1, 0.15) is 5.56 Å². The predicted octanol–water partition coefficient (Wildman–Crippen LogP) is 1.73. The van der Waals surface area contributed by atoms with Crippen LogP contribution in [0.3, 0.4) is 0 Å². The van der Waals surface area contributed by atoms with E-state index in [2.05, 4.69) is 26.9 Å². The molecule has 2 heterocycles. The molecule has 1 saturated heterocycles. The zero-order chi connectivity index (χ0) is 19.0. The van der Waals surface area contributed by atoms with E-state index >= 15 is 0 Å². The fraction of sp³-hybridized carbons (Fsp3) is 0.316. The molecule has 2 N–H and O–H groups in total. The first-order chi connectivity index (χ1) is 12.9. The van der Waals surface area contributed by atoms with Crippen LogP contribution in [0, 0.1) is 0 Å². The number of rotatable bonds is 4. The molecule has 0 saturated carbocycles. The molecule has 8 heteroatoms. The lowest BCUT2D eigenvalue weighted by molar-refractivity contribution is -0.115. The van der Waals surface area contributed by atoms with Gasteiger partial charge in [-0.3, -0.25) is 9.52 Å². The Morgan fingerprint density at radius 2 is 1.78 bits per heavy atom. The second kappa shape index (κ2) is 6.86. The van der Waals surface area contributed by atoms with Crippen LogP contribution in [0.15, 0.2) is 47.4 Å². The third-order valence-corrected chi connectivity index (χ3v) is 6.37. The van der Waals surface area contributed by atoms with Crippen LogP contribution >= 0.6 is 0 Å². The second-order valence-corrected chi connectivity index (χ2v) is 8.64. The molecule has 0 aliphatic carbocycles. The number of piperazine rings is 1. The standard InChI is InChI=1S/C19H22N4O3S/c1-22-8-10-23(11-9-22)18-5-3-2-4-17(18)21-27(25,26)15-6-7-16-14(12-15)13-19(24)20-16/h2-7,12,21H,8-11,13H2,1H3,(H,20,24). The third-order valence-electron chi connectivity index (χ3n) is 5.00. The van der Waals surface area contributed by atoms with Crippen LogP contribution in [0.4, 0.5) is 17.1 Å². The topological polar surface area (TPSA) is 81.8 Å². The maximum absolute atomic E-state index is 12.9. The predicted molar refractivity (Wildman–Crippen MR) is 106 cm³/mol. The highest BCUT2D eigenvalue weighted by molar-refractivity contribution is 7.92. The average molecular weight is 386 g/mol. The van der Waals surface area contributed by atoms with Gasteiger partial charge in [-0.25, -0.2) is 8.42 Å². The summed E-state index contributed by atoms with van der Waals surface area (Å²) in [6, 6.07) is 12.2. The van der Waals surface area contributed by atoms with Crippen molar-refractivity contribution in [3.8, 4) is 0 Å². The van der Waals surface area contributed by atoms with Crippen molar-refractivity contribution in [1.82, 2.24) is 4.90 Å². The van der Waals surface area contributed by atoms with Crippen molar-refractivity contribution in [3.63, 3.8) is 0 Å². The summed E-state index contributed by atoms with van der Waals surface area (Å²) in [5.41, 5.74) is 2.83. The van der Waals surface area contributed by atoms with Crippen molar-refractivity contribution in [3.05, 3.63) is 48.0 Å². The zero-order valence-electron chi connectivity index (χ0n) is 15.1. The van der Waals surface area contributed by atoms with E-state index in [-0.39, 0.29) is 17.2 Å². The summed E-state index contributed by atoms with van der Waals surface area (Å²) in [5.74, 6) is -0.118. The summed E-state index contributed by atoms with van der Waals surface area (Å²) in [6.45, 7) is 3.57. The molecule has 0 atom stereocenters. The molecule has 4 rings (SSSR count). The molecule has 0 spiro atoms. The summed E-state index contributed by atoms with van der Waals surface area (Å²) in [5, 5.41) is 2.72. The number of hydrogen-bond acceptors (Lipinski definition) is 5. The van der Waals surface area contributed by atoms with Gasteiger partial charge in [0.05, 0.1) is 22.7 Å². The molecule has 142 valence electrons. The molecule has 0 unspecified atom stereocenters. The van der Waals surface area contributed by atoms with Crippen LogP contribution < -0.4 is 14.9 Å². The number of sulfonamides is 1. The van der Waals surface area contributed by atoms with Crippen LogP contribution in [0.25, 0.3) is 0 Å². The van der Waals surface area contributed by atoms with E-state index in [1.54, 1.807) is 18.2 Å². The number of para-hydroxylation sites is 2. The van der Waals surface area contributed by atoms with Crippen LogP contribution in [-0.4, -0.2) is 52.5 Å². The van der Waals surface area contributed by atoms with Gasteiger partial charge in [-0.15, -0.1) is 0 Å². The number of benzene rings is 2. The Bertz CT molecular complexity index is 982. The van der Waals surface area contributed by atoms with Crippen molar-refractivity contribution in [2.75, 3.05) is 48.2 Å². The Hall–Kier alpha value is -2.58. The van der Waals surface area contributed by atoms with Crippen LogP contribution in [0.5, 0.6) is 0 Å². The van der Waals surface area contributed by atoms with Gasteiger partial charge in [0.2, 0.25) is 5.91 Å². The summed E-state index contributed by atoms with van der Waals surface area (Å²) in [7, 11) is -1.67. The van der Waals surface area contributed by atoms with Crippen molar-refractivity contribution >= 4 is 33.0 Å². The van der Waals surface area contributed by atoms with Gasteiger partial charge in [-0.1, -0.05) is 12.1 Å². The van der Waals surface area contributed by atoms with Gasteiger partial charge in [0.15, 0.2) is 0 Å². The SMILES string of the molecule is CN1CCN(c2ccccc2NS(=O)(=O)c2ccc3c(c2)CC(=O)N3)CC1. The molecule has 2 aromatic carbocycles. The van der Waals surface area contributed by atoms with E-state index in [9.17, 15) is 13.2 Å². The fourth-order valence-corrected chi connectivity index (χ4v) is 4.58. The van der Waals surface area contributed by atoms with Gasteiger partial charge in [-0.05, 0) is 42.9 Å². The molecule has 1 fully saturated rings. The molecule has 0 radical (unpaired) electrons. The Balaban J connectivity index is 1.61. The van der Waals surface area contributed by atoms with Gasteiger partial charge in [0, 0.05) is 31.9 Å². The summed E-state index contributed by atoms with van der Waals surface area (Å²) >= 11 is 0. The maximum atomic E-state index is 12.9. The van der Waals surface area contributed by atoms with E-state index in [0.717, 1.165) is 31.9 Å². The van der Waals surface area contributed by atoms with E-state index < -0.39 is 10.0 Å². The fourth-order valence-electron chi connectivity index (χ4n) is 3.46. The number of hydrogen-bond donors (Lipinski definition) is 2. The highest BCUT2D eigenvalue weighted by Gasteiger charge is 2.24. The lowest BCUT2D eigenvalue weighted by atomic mass is 10.2. The number of carbonyl (C=O) groups excluding carboxylic acids is 1. The summed E-state index contributed by atoms with van der Waals surface area (Å²) in [4.78, 5) is 16.1. The first-order valence-electron chi connectivity index (χ1n) is 8.90. The lowest BCUT2D eigenvalue weighted by Gasteiger charge is -2.35. The number of nitrogens with one attached hydrogen (secondary N) is 2. The Kier molecular flexibility index (Phi) is 4.53. The molecule has 1 amide bonds. The third kappa shape index (κ3) is 3.63. The van der Waals surface area contributed by atoms with E-state index in [1.165, 1.54) is 6.07 Å². The molecule has 2 aliphatic heterocycles. The van der Waals surface area contributed by atoms with Crippen molar-refractivity contribution < 1.29 is 13.2 Å².